The summed E-state index contributed by atoms with van der Waals surface area (Å²) in [4.78, 5) is 43.7. The fourth-order valence-electron chi connectivity index (χ4n) is 6.75. The molecule has 0 unspecified atom stereocenters. The highest BCUT2D eigenvalue weighted by Gasteiger charge is 2.61. The zero-order chi connectivity index (χ0) is 30.5. The molecule has 6 rings (SSSR count). The molecule has 3 aromatic rings. The maximum atomic E-state index is 14.4. The number of fused-ring (bicyclic) bond motifs is 2. The van der Waals surface area contributed by atoms with Crippen molar-refractivity contribution in [2.24, 2.45) is 0 Å². The SMILES string of the molecule is CN(C)C(=O)N1CCC(Oc2ccc(Br)cc2[C@H]2NC(=O)C[C@@H](c3cccc(Cl)c3)[C@]23C(=O)Nc2cc(Cl)ccc23)CC1. The molecule has 3 aliphatic rings. The van der Waals surface area contributed by atoms with Crippen LogP contribution in [0.25, 0.3) is 0 Å². The highest BCUT2D eigenvalue weighted by molar-refractivity contribution is 9.10. The molecule has 2 fully saturated rings. The first-order valence-corrected chi connectivity index (χ1v) is 15.7. The fraction of sp³-hybridized carbons (Fsp3) is 0.344. The Balaban J connectivity index is 1.45. The van der Waals surface area contributed by atoms with Gasteiger partial charge in [0.2, 0.25) is 11.8 Å². The van der Waals surface area contributed by atoms with E-state index in [1.807, 2.05) is 47.4 Å². The van der Waals surface area contributed by atoms with Gasteiger partial charge in [-0.2, -0.15) is 0 Å². The molecule has 43 heavy (non-hydrogen) atoms. The summed E-state index contributed by atoms with van der Waals surface area (Å²) in [7, 11) is 3.49. The number of amides is 4. The highest BCUT2D eigenvalue weighted by atomic mass is 79.9. The fourth-order valence-corrected chi connectivity index (χ4v) is 7.50. The molecule has 0 saturated carbocycles. The minimum atomic E-state index is -1.22. The van der Waals surface area contributed by atoms with Crippen LogP contribution in [0.4, 0.5) is 10.5 Å². The number of carbonyl (C=O) groups excluding carboxylic acids is 3. The van der Waals surface area contributed by atoms with Crippen molar-refractivity contribution in [2.45, 2.75) is 42.7 Å². The maximum absolute atomic E-state index is 14.4. The molecule has 0 radical (unpaired) electrons. The lowest BCUT2D eigenvalue weighted by Crippen LogP contribution is -2.57. The second-order valence-electron chi connectivity index (χ2n) is 11.5. The Morgan fingerprint density at radius 3 is 2.49 bits per heavy atom. The summed E-state index contributed by atoms with van der Waals surface area (Å²) in [6, 6.07) is 17.6. The molecule has 3 aromatic carbocycles. The van der Waals surface area contributed by atoms with Crippen LogP contribution in [0, 0.1) is 0 Å². The zero-order valence-electron chi connectivity index (χ0n) is 23.7. The molecule has 1 spiro atoms. The lowest BCUT2D eigenvalue weighted by molar-refractivity contribution is -0.131. The topological polar surface area (TPSA) is 91.0 Å². The van der Waals surface area contributed by atoms with Crippen molar-refractivity contribution in [1.82, 2.24) is 15.1 Å². The molecule has 4 amide bonds. The molecule has 3 heterocycles. The summed E-state index contributed by atoms with van der Waals surface area (Å²) < 4.78 is 7.41. The first-order valence-electron chi connectivity index (χ1n) is 14.2. The Morgan fingerprint density at radius 2 is 1.77 bits per heavy atom. The van der Waals surface area contributed by atoms with Crippen molar-refractivity contribution < 1.29 is 19.1 Å². The standard InChI is InChI=1S/C32H31BrCl2N4O4/c1-38(2)31(42)39-12-10-22(11-13-39)43-27-9-6-19(33)15-23(27)29-32(24-8-7-21(35)16-26(24)36-30(32)41)25(17-28(40)37-29)18-4-3-5-20(34)14-18/h3-9,14-16,22,25,29H,10-13,17H2,1-2H3,(H,36,41)(H,37,40)/t25-,29+,32-/m0/s1. The molecule has 0 bridgehead atoms. The van der Waals surface area contributed by atoms with Gasteiger partial charge in [0.1, 0.15) is 17.3 Å². The van der Waals surface area contributed by atoms with Crippen molar-refractivity contribution in [2.75, 3.05) is 32.5 Å². The van der Waals surface area contributed by atoms with Gasteiger partial charge in [-0.1, -0.05) is 57.3 Å². The van der Waals surface area contributed by atoms with E-state index in [4.69, 9.17) is 27.9 Å². The van der Waals surface area contributed by atoms with E-state index < -0.39 is 17.4 Å². The Kier molecular flexibility index (Phi) is 8.08. The molecule has 11 heteroatoms. The monoisotopic (exact) mass is 684 g/mol. The number of hydrogen-bond acceptors (Lipinski definition) is 4. The summed E-state index contributed by atoms with van der Waals surface area (Å²) in [5.41, 5.74) is 1.61. The van der Waals surface area contributed by atoms with Gasteiger partial charge in [0.15, 0.2) is 0 Å². The van der Waals surface area contributed by atoms with Gasteiger partial charge in [0, 0.05) is 78.1 Å². The Labute approximate surface area is 268 Å². The maximum Gasteiger partial charge on any atom is 0.319 e. The van der Waals surface area contributed by atoms with Crippen LogP contribution < -0.4 is 15.4 Å². The number of benzene rings is 3. The van der Waals surface area contributed by atoms with E-state index in [0.717, 1.165) is 15.6 Å². The molecule has 3 atom stereocenters. The van der Waals surface area contributed by atoms with Crippen molar-refractivity contribution in [3.63, 3.8) is 0 Å². The number of carbonyl (C=O) groups is 3. The summed E-state index contributed by atoms with van der Waals surface area (Å²) in [5.74, 6) is -0.370. The molecule has 0 aromatic heterocycles. The van der Waals surface area contributed by atoms with Gasteiger partial charge in [-0.25, -0.2) is 4.79 Å². The van der Waals surface area contributed by atoms with Crippen LogP contribution in [-0.4, -0.2) is 60.9 Å². The molecule has 8 nitrogen and oxygen atoms in total. The van der Waals surface area contributed by atoms with Crippen LogP contribution in [0.3, 0.4) is 0 Å². The average Bonchev–Trinajstić information content (AvgIpc) is 3.25. The second kappa shape index (κ2) is 11.7. The molecule has 3 aliphatic heterocycles. The smallest absolute Gasteiger partial charge is 0.319 e. The third-order valence-corrected chi connectivity index (χ3v) is 9.64. The van der Waals surface area contributed by atoms with E-state index in [1.54, 1.807) is 37.2 Å². The van der Waals surface area contributed by atoms with Crippen LogP contribution in [-0.2, 0) is 15.0 Å². The summed E-state index contributed by atoms with van der Waals surface area (Å²) in [5, 5.41) is 7.27. The van der Waals surface area contributed by atoms with Crippen molar-refractivity contribution in [1.29, 1.82) is 0 Å². The number of rotatable bonds is 4. The highest BCUT2D eigenvalue weighted by Crippen LogP contribution is 2.58. The van der Waals surface area contributed by atoms with Gasteiger partial charge < -0.3 is 25.2 Å². The van der Waals surface area contributed by atoms with E-state index in [9.17, 15) is 14.4 Å². The average molecular weight is 686 g/mol. The number of nitrogens with zero attached hydrogens (tertiary/aromatic N) is 2. The number of likely N-dealkylation sites (tertiary alicyclic amines) is 1. The number of urea groups is 1. The van der Waals surface area contributed by atoms with E-state index in [2.05, 4.69) is 26.6 Å². The predicted molar refractivity (Wildman–Crippen MR) is 170 cm³/mol. The number of piperidine rings is 2. The van der Waals surface area contributed by atoms with Crippen molar-refractivity contribution >= 4 is 62.7 Å². The van der Waals surface area contributed by atoms with E-state index >= 15 is 0 Å². The Morgan fingerprint density at radius 1 is 1.02 bits per heavy atom. The van der Waals surface area contributed by atoms with E-state index in [0.29, 0.717) is 53.0 Å². The van der Waals surface area contributed by atoms with Crippen LogP contribution >= 0.6 is 39.1 Å². The number of anilines is 1. The van der Waals surface area contributed by atoms with Crippen LogP contribution in [0.5, 0.6) is 5.75 Å². The Hall–Kier alpha value is -3.27. The largest absolute Gasteiger partial charge is 0.490 e. The number of ether oxygens (including phenoxy) is 1. The van der Waals surface area contributed by atoms with Gasteiger partial charge in [-0.3, -0.25) is 9.59 Å². The lowest BCUT2D eigenvalue weighted by atomic mass is 9.59. The third-order valence-electron chi connectivity index (χ3n) is 8.67. The molecule has 0 aliphatic carbocycles. The molecule has 224 valence electrons. The van der Waals surface area contributed by atoms with Gasteiger partial charge in [0.25, 0.3) is 0 Å². The molecular weight excluding hydrogens is 655 g/mol. The van der Waals surface area contributed by atoms with Gasteiger partial charge in [0.05, 0.1) is 6.04 Å². The van der Waals surface area contributed by atoms with Crippen LogP contribution in [0.1, 0.15) is 47.9 Å². The van der Waals surface area contributed by atoms with E-state index in [1.165, 1.54) is 0 Å². The first-order chi connectivity index (χ1) is 20.6. The summed E-state index contributed by atoms with van der Waals surface area (Å²) in [6.07, 6.45) is 1.26. The third kappa shape index (κ3) is 5.36. The van der Waals surface area contributed by atoms with Crippen molar-refractivity contribution in [3.8, 4) is 5.75 Å². The van der Waals surface area contributed by atoms with Crippen LogP contribution in [0.15, 0.2) is 65.1 Å². The number of halogens is 3. The predicted octanol–water partition coefficient (Wildman–Crippen LogP) is 6.52. The van der Waals surface area contributed by atoms with Gasteiger partial charge in [-0.05, 0) is 53.6 Å². The Bertz CT molecular complexity index is 1610. The van der Waals surface area contributed by atoms with Crippen molar-refractivity contribution in [3.05, 3.63) is 91.9 Å². The minimum Gasteiger partial charge on any atom is -0.490 e. The second-order valence-corrected chi connectivity index (χ2v) is 13.3. The molecular formula is C32H31BrCl2N4O4. The summed E-state index contributed by atoms with van der Waals surface area (Å²) in [6.45, 7) is 1.15. The van der Waals surface area contributed by atoms with Gasteiger partial charge >= 0.3 is 6.03 Å². The minimum absolute atomic E-state index is 0.0206. The number of hydrogen-bond donors (Lipinski definition) is 2. The van der Waals surface area contributed by atoms with E-state index in [-0.39, 0.29) is 30.4 Å². The van der Waals surface area contributed by atoms with Crippen LogP contribution in [0.2, 0.25) is 10.0 Å². The first kappa shape index (κ1) is 29.8. The molecule has 2 N–H and O–H groups in total. The van der Waals surface area contributed by atoms with Gasteiger partial charge in [-0.15, -0.1) is 0 Å². The quantitative estimate of drug-likeness (QED) is 0.328. The lowest BCUT2D eigenvalue weighted by Gasteiger charge is -2.47. The summed E-state index contributed by atoms with van der Waals surface area (Å²) >= 11 is 16.4. The zero-order valence-corrected chi connectivity index (χ0v) is 26.8. The normalized spacial score (nSPS) is 23.5. The molecule has 2 saturated heterocycles. The number of nitrogens with one attached hydrogen (secondary N) is 2.